The van der Waals surface area contributed by atoms with Crippen LogP contribution in [0.3, 0.4) is 0 Å². The molecule has 1 aliphatic carbocycles. The van der Waals surface area contributed by atoms with Crippen molar-refractivity contribution in [1.29, 1.82) is 0 Å². The topological polar surface area (TPSA) is 137 Å². The van der Waals surface area contributed by atoms with Crippen molar-refractivity contribution in [3.63, 3.8) is 0 Å². The molecule has 244 valence electrons. The molecule has 0 N–H and O–H groups in total. The fourth-order valence-corrected chi connectivity index (χ4v) is 5.46. The number of hydrogen-bond acceptors (Lipinski definition) is 10. The Morgan fingerprint density at radius 1 is 1.09 bits per heavy atom. The van der Waals surface area contributed by atoms with Crippen LogP contribution in [0.25, 0.3) is 0 Å². The molecule has 0 fully saturated rings. The lowest BCUT2D eigenvalue weighted by Crippen LogP contribution is -2.36. The average molecular weight is 662 g/mol. The number of halogens is 1. The molecule has 1 unspecified atom stereocenters. The number of ether oxygens (including phenoxy) is 3. The van der Waals surface area contributed by atoms with E-state index in [2.05, 4.69) is 26.5 Å². The molecular formula is C31H40ClN5O7S. The smallest absolute Gasteiger partial charge is 0.296 e. The first-order valence-corrected chi connectivity index (χ1v) is 16.3. The fraction of sp³-hybridized carbons (Fsp3) is 0.484. The predicted molar refractivity (Wildman–Crippen MR) is 169 cm³/mol. The molecule has 0 spiro atoms. The Morgan fingerprint density at radius 2 is 1.84 bits per heavy atom. The van der Waals surface area contributed by atoms with Gasteiger partial charge in [-0.2, -0.15) is 13.5 Å². The van der Waals surface area contributed by atoms with E-state index < -0.39 is 21.2 Å². The van der Waals surface area contributed by atoms with Gasteiger partial charge in [0.25, 0.3) is 15.7 Å². The summed E-state index contributed by atoms with van der Waals surface area (Å²) in [5.41, 5.74) is 1.55. The summed E-state index contributed by atoms with van der Waals surface area (Å²) in [4.78, 5) is 12.8. The first kappa shape index (κ1) is 34.5. The first-order valence-electron chi connectivity index (χ1n) is 14.5. The molecule has 14 heteroatoms. The van der Waals surface area contributed by atoms with Gasteiger partial charge in [0.05, 0.1) is 56.3 Å². The van der Waals surface area contributed by atoms with Crippen molar-refractivity contribution < 1.29 is 26.8 Å². The normalized spacial score (nSPS) is 17.0. The van der Waals surface area contributed by atoms with Gasteiger partial charge in [0.2, 0.25) is 0 Å². The molecule has 0 amide bonds. The second kappa shape index (κ2) is 14.8. The maximum Gasteiger partial charge on any atom is 0.296 e. The van der Waals surface area contributed by atoms with Gasteiger partial charge in [-0.1, -0.05) is 60.2 Å². The van der Waals surface area contributed by atoms with E-state index in [1.54, 1.807) is 16.8 Å². The summed E-state index contributed by atoms with van der Waals surface area (Å²) >= 11 is 6.28. The van der Waals surface area contributed by atoms with Crippen LogP contribution in [-0.2, 0) is 49.1 Å². The molecular weight excluding hydrogens is 622 g/mol. The van der Waals surface area contributed by atoms with Crippen LogP contribution in [0, 0.1) is 5.41 Å². The van der Waals surface area contributed by atoms with E-state index in [1.807, 2.05) is 57.3 Å². The van der Waals surface area contributed by atoms with Crippen LogP contribution in [0.1, 0.15) is 57.4 Å². The van der Waals surface area contributed by atoms with E-state index in [-0.39, 0.29) is 27.7 Å². The number of benzene rings is 1. The standard InChI is InChI=1S/C31H40ClN5O7S/c1-30(2,3)37-29(38)28(32)27(18-33-37)44-21-24-8-6-7-23(17-24)19-36-20-25(34-35-36)22-43-16-15-42-14-13-31(4)11-9-26(10-12-31)45(39,40)41-5/h6-11,17-18,20H,12-16,19,21-22H2,1-5H3. The number of aromatic nitrogens is 5. The van der Waals surface area contributed by atoms with Crippen LogP contribution < -0.4 is 10.3 Å². The van der Waals surface area contributed by atoms with Crippen molar-refractivity contribution >= 4 is 21.7 Å². The zero-order chi connectivity index (χ0) is 32.7. The van der Waals surface area contributed by atoms with Gasteiger partial charge < -0.3 is 14.2 Å². The predicted octanol–water partition coefficient (Wildman–Crippen LogP) is 4.62. The third kappa shape index (κ3) is 9.57. The zero-order valence-electron chi connectivity index (χ0n) is 26.2. The summed E-state index contributed by atoms with van der Waals surface area (Å²) < 4.78 is 48.5. The Kier molecular flexibility index (Phi) is 11.4. The Bertz CT molecular complexity index is 1690. The second-order valence-corrected chi connectivity index (χ2v) is 14.2. The number of hydrogen-bond donors (Lipinski definition) is 0. The van der Waals surface area contributed by atoms with Crippen LogP contribution in [0.4, 0.5) is 0 Å². The molecule has 0 saturated carbocycles. The minimum atomic E-state index is -3.67. The minimum Gasteiger partial charge on any atom is -0.485 e. The summed E-state index contributed by atoms with van der Waals surface area (Å²) in [5.74, 6) is 0.239. The van der Waals surface area contributed by atoms with Crippen LogP contribution in [-0.4, -0.2) is 60.1 Å². The van der Waals surface area contributed by atoms with Crippen molar-refractivity contribution in [3.05, 3.63) is 92.0 Å². The SMILES string of the molecule is COS(=O)(=O)C1=CCC(C)(CCOCCOCc2cn(Cc3cccc(COc4cnn(C(C)(C)C)c(=O)c4Cl)c3)nn2)C=C1. The molecule has 1 aliphatic rings. The van der Waals surface area contributed by atoms with E-state index >= 15 is 0 Å². The molecule has 2 heterocycles. The quantitative estimate of drug-likeness (QED) is 0.168. The number of allylic oxidation sites excluding steroid dienone is 3. The van der Waals surface area contributed by atoms with E-state index in [9.17, 15) is 13.2 Å². The highest BCUT2D eigenvalue weighted by Gasteiger charge is 2.26. The lowest BCUT2D eigenvalue weighted by atomic mass is 9.81. The van der Waals surface area contributed by atoms with Crippen LogP contribution in [0.15, 0.2) is 64.6 Å². The molecule has 12 nitrogen and oxygen atoms in total. The van der Waals surface area contributed by atoms with Crippen molar-refractivity contribution in [3.8, 4) is 5.75 Å². The number of nitrogens with zero attached hydrogens (tertiary/aromatic N) is 5. The molecule has 4 rings (SSSR count). The van der Waals surface area contributed by atoms with E-state index in [0.29, 0.717) is 45.1 Å². The Hall–Kier alpha value is -3.36. The summed E-state index contributed by atoms with van der Waals surface area (Å²) in [7, 11) is -2.51. The van der Waals surface area contributed by atoms with Crippen molar-refractivity contribution in [1.82, 2.24) is 24.8 Å². The van der Waals surface area contributed by atoms with Gasteiger partial charge >= 0.3 is 0 Å². The Morgan fingerprint density at radius 3 is 2.56 bits per heavy atom. The van der Waals surface area contributed by atoms with E-state index in [4.69, 9.17) is 25.8 Å². The molecule has 1 aromatic carbocycles. The average Bonchev–Trinajstić information content (AvgIpc) is 3.44. The van der Waals surface area contributed by atoms with Crippen molar-refractivity contribution in [2.75, 3.05) is 26.9 Å². The van der Waals surface area contributed by atoms with Gasteiger partial charge in [-0.25, -0.2) is 9.36 Å². The molecule has 0 saturated heterocycles. The monoisotopic (exact) mass is 661 g/mol. The third-order valence-corrected chi connectivity index (χ3v) is 8.87. The Balaban J connectivity index is 1.16. The van der Waals surface area contributed by atoms with Crippen molar-refractivity contribution in [2.24, 2.45) is 5.41 Å². The van der Waals surface area contributed by atoms with Crippen LogP contribution >= 0.6 is 11.6 Å². The van der Waals surface area contributed by atoms with Gasteiger partial charge in [-0.05, 0) is 56.2 Å². The summed E-state index contributed by atoms with van der Waals surface area (Å²) in [6.07, 6.45) is 9.82. The fourth-order valence-electron chi connectivity index (χ4n) is 4.57. The zero-order valence-corrected chi connectivity index (χ0v) is 27.8. The molecule has 0 bridgehead atoms. The Labute approximate surface area is 268 Å². The number of rotatable bonds is 15. The van der Waals surface area contributed by atoms with E-state index in [1.165, 1.54) is 10.9 Å². The third-order valence-electron chi connectivity index (χ3n) is 7.21. The molecule has 2 aromatic heterocycles. The van der Waals surface area contributed by atoms with Gasteiger partial charge in [0.1, 0.15) is 12.3 Å². The van der Waals surface area contributed by atoms with Crippen LogP contribution in [0.2, 0.25) is 5.02 Å². The first-order chi connectivity index (χ1) is 21.3. The van der Waals surface area contributed by atoms with Crippen LogP contribution in [0.5, 0.6) is 5.75 Å². The maximum atomic E-state index is 12.6. The molecule has 0 radical (unpaired) electrons. The van der Waals surface area contributed by atoms with E-state index in [0.717, 1.165) is 24.7 Å². The summed E-state index contributed by atoms with van der Waals surface area (Å²) in [6.45, 7) is 10.1. The molecule has 45 heavy (non-hydrogen) atoms. The molecule has 0 aliphatic heterocycles. The maximum absolute atomic E-state index is 12.6. The van der Waals surface area contributed by atoms with Gasteiger partial charge in [0.15, 0.2) is 10.8 Å². The van der Waals surface area contributed by atoms with Gasteiger partial charge in [0, 0.05) is 6.61 Å². The van der Waals surface area contributed by atoms with Gasteiger partial charge in [-0.3, -0.25) is 8.98 Å². The highest BCUT2D eigenvalue weighted by molar-refractivity contribution is 7.90. The lowest BCUT2D eigenvalue weighted by Gasteiger charge is -2.27. The lowest BCUT2D eigenvalue weighted by molar-refractivity contribution is 0.0322. The van der Waals surface area contributed by atoms with Crippen molar-refractivity contribution in [2.45, 2.75) is 65.8 Å². The molecule has 1 atom stereocenters. The summed E-state index contributed by atoms with van der Waals surface area (Å²) in [6, 6.07) is 7.83. The second-order valence-electron chi connectivity index (χ2n) is 12.1. The molecule has 3 aromatic rings. The highest BCUT2D eigenvalue weighted by atomic mass is 35.5. The highest BCUT2D eigenvalue weighted by Crippen LogP contribution is 2.34. The summed E-state index contributed by atoms with van der Waals surface area (Å²) in [5, 5.41) is 12.6. The minimum absolute atomic E-state index is 0.00199. The van der Waals surface area contributed by atoms with Gasteiger partial charge in [-0.15, -0.1) is 5.10 Å². The largest absolute Gasteiger partial charge is 0.485 e.